The molecule has 0 spiro atoms. The molecule has 8 nitrogen and oxygen atoms in total. The van der Waals surface area contributed by atoms with Crippen LogP contribution in [0.1, 0.15) is 38.9 Å². The molecule has 0 aliphatic carbocycles. The first kappa shape index (κ1) is 22.3. The Balaban J connectivity index is 2.70. The Kier molecular flexibility index (Phi) is 7.81. The summed E-state index contributed by atoms with van der Waals surface area (Å²) in [5, 5.41) is 0. The Morgan fingerprint density at radius 3 is 1.74 bits per heavy atom. The average Bonchev–Trinajstić information content (AvgIpc) is 2.61. The second kappa shape index (κ2) is 9.46. The molecule has 0 aromatic heterocycles. The van der Waals surface area contributed by atoms with Gasteiger partial charge in [-0.2, -0.15) is 0 Å². The van der Waals surface area contributed by atoms with Crippen LogP contribution >= 0.6 is 15.2 Å². The fourth-order valence-corrected chi connectivity index (χ4v) is 8.10. The minimum Gasteiger partial charge on any atom is -0.425 e. The predicted octanol–water partition coefficient (Wildman–Crippen LogP) is 4.55. The van der Waals surface area contributed by atoms with Gasteiger partial charge in [0.15, 0.2) is 5.66 Å². The lowest BCUT2D eigenvalue weighted by Gasteiger charge is -2.37. The van der Waals surface area contributed by atoms with Gasteiger partial charge in [0.1, 0.15) is 11.4 Å². The molecule has 1 aromatic rings. The quantitative estimate of drug-likeness (QED) is 0.309. The summed E-state index contributed by atoms with van der Waals surface area (Å²) in [6, 6.07) is 6.61. The zero-order valence-corrected chi connectivity index (χ0v) is 17.7. The van der Waals surface area contributed by atoms with Gasteiger partial charge in [0.05, 0.1) is 26.4 Å². The number of carbonyl (C=O) groups is 1. The molecule has 0 fully saturated rings. The third-order valence-corrected chi connectivity index (χ3v) is 9.06. The van der Waals surface area contributed by atoms with Crippen LogP contribution in [-0.4, -0.2) is 38.1 Å². The number of hydrogen-bond acceptors (Lipinski definition) is 8. The van der Waals surface area contributed by atoms with E-state index in [1.54, 1.807) is 52.0 Å². The van der Waals surface area contributed by atoms with Crippen LogP contribution < -0.4 is 4.74 Å². The van der Waals surface area contributed by atoms with E-state index in [1.807, 2.05) is 0 Å². The van der Waals surface area contributed by atoms with Crippen molar-refractivity contribution in [3.8, 4) is 5.75 Å². The molecule has 0 radical (unpaired) electrons. The molecule has 0 saturated heterocycles. The molecule has 27 heavy (non-hydrogen) atoms. The molecule has 152 valence electrons. The molecule has 0 bridgehead atoms. The number of esters is 1. The van der Waals surface area contributed by atoms with E-state index in [0.717, 1.165) is 0 Å². The summed E-state index contributed by atoms with van der Waals surface area (Å²) < 4.78 is 54.2. The Labute approximate surface area is 159 Å². The average molecular weight is 420 g/mol. The van der Waals surface area contributed by atoms with E-state index in [1.165, 1.54) is 0 Å². The van der Waals surface area contributed by atoms with Gasteiger partial charge in [-0.05, 0) is 33.8 Å². The van der Waals surface area contributed by atoms with Gasteiger partial charge >= 0.3 is 21.2 Å². The van der Waals surface area contributed by atoms with Crippen LogP contribution in [0.15, 0.2) is 24.3 Å². The Morgan fingerprint density at radius 2 is 1.26 bits per heavy atom. The number of para-hydroxylation sites is 1. The zero-order valence-electron chi connectivity index (χ0n) is 16.0. The molecule has 10 heteroatoms. The van der Waals surface area contributed by atoms with Gasteiger partial charge in [0, 0.05) is 5.56 Å². The van der Waals surface area contributed by atoms with Gasteiger partial charge < -0.3 is 22.8 Å². The van der Waals surface area contributed by atoms with E-state index in [-0.39, 0.29) is 32.2 Å². The van der Waals surface area contributed by atoms with Crippen molar-refractivity contribution in [3.63, 3.8) is 0 Å². The van der Waals surface area contributed by atoms with E-state index < -0.39 is 32.5 Å². The third-order valence-electron chi connectivity index (χ3n) is 3.91. The first-order valence-electron chi connectivity index (χ1n) is 8.95. The highest BCUT2D eigenvalue weighted by molar-refractivity contribution is 7.59. The van der Waals surface area contributed by atoms with E-state index in [4.69, 9.17) is 22.8 Å². The molecule has 0 N–H and O–H groups in total. The lowest BCUT2D eigenvalue weighted by atomic mass is 10.1. The van der Waals surface area contributed by atoms with E-state index in [0.29, 0.717) is 5.56 Å². The normalized spacial score (nSPS) is 20.2. The number of carbonyl (C=O) groups excluding carboxylic acids is 1. The molecule has 1 heterocycles. The maximum atomic E-state index is 13.7. The molecule has 0 saturated carbocycles. The molecule has 0 amide bonds. The summed E-state index contributed by atoms with van der Waals surface area (Å²) in [5.41, 5.74) is -2.22. The van der Waals surface area contributed by atoms with Crippen molar-refractivity contribution >= 4 is 21.2 Å². The van der Waals surface area contributed by atoms with Crippen molar-refractivity contribution in [2.24, 2.45) is 0 Å². The largest absolute Gasteiger partial charge is 0.425 e. The summed E-state index contributed by atoms with van der Waals surface area (Å²) >= 11 is 0. The second-order valence-corrected chi connectivity index (χ2v) is 9.90. The fraction of sp³-hybridized carbons (Fsp3) is 0.588. The molecule has 0 unspecified atom stereocenters. The lowest BCUT2D eigenvalue weighted by molar-refractivity contribution is -0.135. The van der Waals surface area contributed by atoms with Crippen molar-refractivity contribution in [1.29, 1.82) is 0 Å². The monoisotopic (exact) mass is 420 g/mol. The van der Waals surface area contributed by atoms with Crippen LogP contribution in [-0.2, 0) is 32.0 Å². The first-order valence-corrected chi connectivity index (χ1v) is 12.2. The molecular weight excluding hydrogens is 394 g/mol. The predicted molar refractivity (Wildman–Crippen MR) is 100 cm³/mol. The Morgan fingerprint density at radius 1 is 0.815 bits per heavy atom. The minimum absolute atomic E-state index is 0.0446. The lowest BCUT2D eigenvalue weighted by Crippen LogP contribution is -2.38. The maximum absolute atomic E-state index is 13.7. The summed E-state index contributed by atoms with van der Waals surface area (Å²) in [7, 11) is -7.91. The highest BCUT2D eigenvalue weighted by Gasteiger charge is 2.59. The number of fused-ring (bicyclic) bond motifs is 1. The van der Waals surface area contributed by atoms with Crippen LogP contribution in [0.4, 0.5) is 0 Å². The topological polar surface area (TPSA) is 97.4 Å². The zero-order chi connectivity index (χ0) is 20.1. The minimum atomic E-state index is -4.01. The van der Waals surface area contributed by atoms with Crippen molar-refractivity contribution in [3.05, 3.63) is 29.8 Å². The fourth-order valence-electron chi connectivity index (χ4n) is 3.05. The molecular formula is C17H26O8P2. The van der Waals surface area contributed by atoms with Crippen molar-refractivity contribution in [1.82, 2.24) is 0 Å². The highest BCUT2D eigenvalue weighted by Crippen LogP contribution is 2.72. The highest BCUT2D eigenvalue weighted by atomic mass is 31.2. The first-order chi connectivity index (χ1) is 12.9. The standard InChI is InChI=1S/C17H26O8P2/c1-5-21-26(19,22-6-2)15-13-11-9-10-12-14(13)25-17(18)16(15)27(20,23-7-3)24-8-4/h9-12,15-16H,5-8H2,1-4H3/t15-,16+/m0/s1. The number of rotatable bonds is 10. The van der Waals surface area contributed by atoms with Gasteiger partial charge in [0.2, 0.25) is 0 Å². The van der Waals surface area contributed by atoms with Crippen LogP contribution in [0.5, 0.6) is 5.75 Å². The molecule has 2 atom stereocenters. The SMILES string of the molecule is CCOP(=O)(OCC)[C@H]1C(=O)Oc2ccccc2[C@@H]1P(=O)(OCC)OCC. The van der Waals surface area contributed by atoms with Crippen molar-refractivity contribution in [2.75, 3.05) is 26.4 Å². The third kappa shape index (κ3) is 4.53. The van der Waals surface area contributed by atoms with Crippen molar-refractivity contribution < 1.29 is 36.8 Å². The van der Waals surface area contributed by atoms with Gasteiger partial charge in [-0.3, -0.25) is 13.9 Å². The molecule has 2 rings (SSSR count). The van der Waals surface area contributed by atoms with E-state index in [9.17, 15) is 13.9 Å². The van der Waals surface area contributed by atoms with E-state index >= 15 is 0 Å². The molecule has 1 aliphatic heterocycles. The Bertz CT molecular complexity index is 730. The number of hydrogen-bond donors (Lipinski definition) is 0. The van der Waals surface area contributed by atoms with Crippen molar-refractivity contribution in [2.45, 2.75) is 39.0 Å². The Hall–Kier alpha value is -1.01. The number of benzene rings is 1. The van der Waals surface area contributed by atoms with Gasteiger partial charge in [-0.25, -0.2) is 0 Å². The summed E-state index contributed by atoms with van der Waals surface area (Å²) in [6.45, 7) is 6.86. The second-order valence-electron chi connectivity index (χ2n) is 5.60. The van der Waals surface area contributed by atoms with Crippen LogP contribution in [0.3, 0.4) is 0 Å². The van der Waals surface area contributed by atoms with Crippen LogP contribution in [0.2, 0.25) is 0 Å². The maximum Gasteiger partial charge on any atom is 0.346 e. The number of ether oxygens (including phenoxy) is 1. The summed E-state index contributed by atoms with van der Waals surface area (Å²) in [6.07, 6.45) is 0. The van der Waals surface area contributed by atoms with Crippen LogP contribution in [0, 0.1) is 0 Å². The van der Waals surface area contributed by atoms with Crippen LogP contribution in [0.25, 0.3) is 0 Å². The van der Waals surface area contributed by atoms with E-state index in [2.05, 4.69) is 0 Å². The van der Waals surface area contributed by atoms with Gasteiger partial charge in [-0.1, -0.05) is 18.2 Å². The van der Waals surface area contributed by atoms with Gasteiger partial charge in [0.25, 0.3) is 0 Å². The smallest absolute Gasteiger partial charge is 0.346 e. The summed E-state index contributed by atoms with van der Waals surface area (Å²) in [4.78, 5) is 12.8. The summed E-state index contributed by atoms with van der Waals surface area (Å²) in [5.74, 6) is -0.619. The molecule has 1 aliphatic rings. The molecule has 1 aromatic carbocycles. The van der Waals surface area contributed by atoms with Gasteiger partial charge in [-0.15, -0.1) is 0 Å².